The van der Waals surface area contributed by atoms with Crippen molar-refractivity contribution in [3.8, 4) is 5.75 Å². The second-order valence-corrected chi connectivity index (χ2v) is 6.72. The molecule has 3 rings (SSSR count). The Morgan fingerprint density at radius 3 is 2.64 bits per heavy atom. The van der Waals surface area contributed by atoms with Crippen LogP contribution in [0.3, 0.4) is 0 Å². The van der Waals surface area contributed by atoms with E-state index in [1.807, 2.05) is 13.0 Å². The Labute approximate surface area is 183 Å². The van der Waals surface area contributed by atoms with Gasteiger partial charge in [-0.2, -0.15) is 0 Å². The molecule has 7 heteroatoms. The number of nitrogens with zero attached hydrogens (tertiary/aromatic N) is 2. The van der Waals surface area contributed by atoms with Crippen molar-refractivity contribution in [1.29, 1.82) is 0 Å². The number of benzene rings is 2. The third-order valence-electron chi connectivity index (χ3n) is 4.60. The first-order valence-electron chi connectivity index (χ1n) is 9.34. The summed E-state index contributed by atoms with van der Waals surface area (Å²) in [5, 5.41) is 6.73. The average Bonchev–Trinajstić information content (AvgIpc) is 3.16. The van der Waals surface area contributed by atoms with Gasteiger partial charge < -0.3 is 20.3 Å². The van der Waals surface area contributed by atoms with Gasteiger partial charge in [0.15, 0.2) is 17.5 Å². The Morgan fingerprint density at radius 1 is 1.21 bits per heavy atom. The van der Waals surface area contributed by atoms with Crippen LogP contribution < -0.4 is 20.3 Å². The molecular formula is C21H28FIN4O. The number of halogens is 2. The van der Waals surface area contributed by atoms with Gasteiger partial charge in [-0.1, -0.05) is 30.3 Å². The molecule has 0 spiro atoms. The number of rotatable bonds is 6. The monoisotopic (exact) mass is 498 g/mol. The Morgan fingerprint density at radius 2 is 1.93 bits per heavy atom. The molecule has 1 aliphatic heterocycles. The number of anilines is 1. The van der Waals surface area contributed by atoms with Crippen molar-refractivity contribution in [3.63, 3.8) is 0 Å². The van der Waals surface area contributed by atoms with Crippen molar-refractivity contribution in [3.05, 3.63) is 60.4 Å². The molecule has 0 bridgehead atoms. The molecular weight excluding hydrogens is 470 g/mol. The summed E-state index contributed by atoms with van der Waals surface area (Å²) in [5.74, 6) is 0.654. The zero-order valence-corrected chi connectivity index (χ0v) is 18.6. The highest BCUT2D eigenvalue weighted by molar-refractivity contribution is 14.0. The summed E-state index contributed by atoms with van der Waals surface area (Å²) in [4.78, 5) is 6.66. The summed E-state index contributed by atoms with van der Waals surface area (Å²) in [5.41, 5.74) is 1.25. The molecule has 5 nitrogen and oxygen atoms in total. The van der Waals surface area contributed by atoms with Crippen molar-refractivity contribution in [2.75, 3.05) is 31.6 Å². The molecule has 0 amide bonds. The smallest absolute Gasteiger partial charge is 0.191 e. The molecule has 2 N–H and O–H groups in total. The highest BCUT2D eigenvalue weighted by Gasteiger charge is 2.23. The summed E-state index contributed by atoms with van der Waals surface area (Å²) >= 11 is 0. The Hall–Kier alpha value is -2.03. The van der Waals surface area contributed by atoms with Crippen molar-refractivity contribution in [2.24, 2.45) is 4.99 Å². The summed E-state index contributed by atoms with van der Waals surface area (Å²) < 4.78 is 19.3. The van der Waals surface area contributed by atoms with Crippen LogP contribution in [0.2, 0.25) is 0 Å². The normalized spacial score (nSPS) is 17.6. The highest BCUT2D eigenvalue weighted by atomic mass is 127. The number of ether oxygens (including phenoxy) is 1. The SMILES string of the molecule is CN=C(NCC(C)Oc1ccccc1F)NC1CCN(c2ccccc2)C1.I. The molecule has 2 atom stereocenters. The van der Waals surface area contributed by atoms with E-state index in [1.54, 1.807) is 25.2 Å². The van der Waals surface area contributed by atoms with E-state index in [1.165, 1.54) is 11.8 Å². The summed E-state index contributed by atoms with van der Waals surface area (Å²) in [6.45, 7) is 4.39. The minimum atomic E-state index is -0.348. The lowest BCUT2D eigenvalue weighted by atomic mass is 10.2. The molecule has 1 aliphatic rings. The summed E-state index contributed by atoms with van der Waals surface area (Å²) in [7, 11) is 1.75. The Kier molecular flexibility index (Phi) is 8.82. The van der Waals surface area contributed by atoms with E-state index in [4.69, 9.17) is 4.74 Å². The second kappa shape index (κ2) is 11.1. The molecule has 0 radical (unpaired) electrons. The first kappa shape index (κ1) is 22.3. The summed E-state index contributed by atoms with van der Waals surface area (Å²) in [6.07, 6.45) is 0.862. The maximum Gasteiger partial charge on any atom is 0.191 e. The molecule has 1 fully saturated rings. The predicted octanol–water partition coefficient (Wildman–Crippen LogP) is 3.65. The van der Waals surface area contributed by atoms with E-state index in [0.29, 0.717) is 12.6 Å². The molecule has 28 heavy (non-hydrogen) atoms. The van der Waals surface area contributed by atoms with Crippen molar-refractivity contribution >= 4 is 35.6 Å². The van der Waals surface area contributed by atoms with E-state index < -0.39 is 0 Å². The number of aliphatic imine (C=N–C) groups is 1. The van der Waals surface area contributed by atoms with Gasteiger partial charge in [-0.25, -0.2) is 4.39 Å². The van der Waals surface area contributed by atoms with Crippen molar-refractivity contribution < 1.29 is 9.13 Å². The van der Waals surface area contributed by atoms with Gasteiger partial charge in [0.25, 0.3) is 0 Å². The lowest BCUT2D eigenvalue weighted by molar-refractivity contribution is 0.214. The van der Waals surface area contributed by atoms with Gasteiger partial charge in [0.05, 0.1) is 6.54 Å². The number of nitrogens with one attached hydrogen (secondary N) is 2. The zero-order chi connectivity index (χ0) is 19.1. The van der Waals surface area contributed by atoms with E-state index in [-0.39, 0.29) is 41.6 Å². The van der Waals surface area contributed by atoms with Crippen LogP contribution in [0.1, 0.15) is 13.3 Å². The molecule has 152 valence electrons. The molecule has 0 aliphatic carbocycles. The van der Waals surface area contributed by atoms with Gasteiger partial charge in [0.2, 0.25) is 0 Å². The summed E-state index contributed by atoms with van der Waals surface area (Å²) in [6, 6.07) is 17.2. The molecule has 2 unspecified atom stereocenters. The van der Waals surface area contributed by atoms with Gasteiger partial charge in [-0.3, -0.25) is 4.99 Å². The van der Waals surface area contributed by atoms with Gasteiger partial charge >= 0.3 is 0 Å². The highest BCUT2D eigenvalue weighted by Crippen LogP contribution is 2.19. The van der Waals surface area contributed by atoms with Crippen LogP contribution in [0.5, 0.6) is 5.75 Å². The van der Waals surface area contributed by atoms with E-state index in [2.05, 4.69) is 44.8 Å². The minimum Gasteiger partial charge on any atom is -0.486 e. The van der Waals surface area contributed by atoms with E-state index in [0.717, 1.165) is 25.5 Å². The van der Waals surface area contributed by atoms with Crippen LogP contribution >= 0.6 is 24.0 Å². The fourth-order valence-corrected chi connectivity index (χ4v) is 3.18. The third kappa shape index (κ3) is 6.25. The van der Waals surface area contributed by atoms with Crippen LogP contribution in [0, 0.1) is 5.82 Å². The standard InChI is InChI=1S/C21H27FN4O.HI/c1-16(27-20-11-7-6-10-19(20)22)14-24-21(23-2)25-17-12-13-26(15-17)18-8-4-3-5-9-18;/h3-11,16-17H,12-15H2,1-2H3,(H2,23,24,25);1H. The van der Waals surface area contributed by atoms with Crippen LogP contribution in [0.25, 0.3) is 0 Å². The minimum absolute atomic E-state index is 0. The maximum atomic E-state index is 13.7. The average molecular weight is 498 g/mol. The van der Waals surface area contributed by atoms with Gasteiger partial charge in [0.1, 0.15) is 6.10 Å². The number of para-hydroxylation sites is 2. The topological polar surface area (TPSA) is 48.9 Å². The maximum absolute atomic E-state index is 13.7. The molecule has 0 saturated carbocycles. The lowest BCUT2D eigenvalue weighted by Gasteiger charge is -2.21. The molecule has 0 aromatic heterocycles. The van der Waals surface area contributed by atoms with Gasteiger partial charge in [-0.15, -0.1) is 24.0 Å². The molecule has 2 aromatic rings. The first-order valence-corrected chi connectivity index (χ1v) is 9.34. The van der Waals surface area contributed by atoms with Crippen LogP contribution in [0.4, 0.5) is 10.1 Å². The molecule has 2 aromatic carbocycles. The quantitative estimate of drug-likeness (QED) is 0.363. The van der Waals surface area contributed by atoms with Crippen LogP contribution in [-0.2, 0) is 0 Å². The Bertz CT molecular complexity index is 759. The van der Waals surface area contributed by atoms with Crippen molar-refractivity contribution in [1.82, 2.24) is 10.6 Å². The number of hydrogen-bond donors (Lipinski definition) is 2. The second-order valence-electron chi connectivity index (χ2n) is 6.72. The zero-order valence-electron chi connectivity index (χ0n) is 16.3. The lowest BCUT2D eigenvalue weighted by Crippen LogP contribution is -2.47. The van der Waals surface area contributed by atoms with E-state index >= 15 is 0 Å². The molecule has 1 heterocycles. The van der Waals surface area contributed by atoms with E-state index in [9.17, 15) is 4.39 Å². The largest absolute Gasteiger partial charge is 0.486 e. The third-order valence-corrected chi connectivity index (χ3v) is 4.60. The fourth-order valence-electron chi connectivity index (χ4n) is 3.18. The van der Waals surface area contributed by atoms with Crippen LogP contribution in [0.15, 0.2) is 59.6 Å². The number of hydrogen-bond acceptors (Lipinski definition) is 3. The van der Waals surface area contributed by atoms with Gasteiger partial charge in [-0.05, 0) is 37.6 Å². The predicted molar refractivity (Wildman–Crippen MR) is 123 cm³/mol. The van der Waals surface area contributed by atoms with Crippen molar-refractivity contribution in [2.45, 2.75) is 25.5 Å². The van der Waals surface area contributed by atoms with Gasteiger partial charge in [0, 0.05) is 31.9 Å². The Balaban J connectivity index is 0.00000280. The number of guanidine groups is 1. The first-order chi connectivity index (χ1) is 13.2. The molecule has 1 saturated heterocycles. The van der Waals surface area contributed by atoms with Crippen LogP contribution in [-0.4, -0.2) is 44.8 Å². The fraction of sp³-hybridized carbons (Fsp3) is 0.381.